The van der Waals surface area contributed by atoms with Crippen molar-refractivity contribution in [1.29, 1.82) is 0 Å². The number of rotatable bonds is 1. The fraction of sp³-hybridized carbons (Fsp3) is 0.0556. The van der Waals surface area contributed by atoms with Gasteiger partial charge in [0.25, 0.3) is 0 Å². The van der Waals surface area contributed by atoms with Crippen LogP contribution in [0, 0.1) is 5.82 Å². The van der Waals surface area contributed by atoms with E-state index in [-0.39, 0.29) is 16.4 Å². The topological polar surface area (TPSA) is 39.4 Å². The number of ether oxygens (including phenoxy) is 1. The van der Waals surface area contributed by atoms with Crippen molar-refractivity contribution < 1.29 is 13.5 Å². The lowest BCUT2D eigenvalue weighted by Crippen LogP contribution is -2.04. The molecule has 0 unspecified atom stereocenters. The van der Waals surface area contributed by atoms with Crippen molar-refractivity contribution in [3.8, 4) is 5.75 Å². The molecule has 0 bridgehead atoms. The Balaban J connectivity index is 2.19. The zero-order valence-corrected chi connectivity index (χ0v) is 11.7. The molecule has 0 atom stereocenters. The van der Waals surface area contributed by atoms with Crippen LogP contribution in [0.1, 0.15) is 0 Å². The molecule has 22 heavy (non-hydrogen) atoms. The Morgan fingerprint density at radius 1 is 1.00 bits per heavy atom. The molecule has 0 saturated heterocycles. The van der Waals surface area contributed by atoms with Gasteiger partial charge >= 0.3 is 0 Å². The third-order valence-electron chi connectivity index (χ3n) is 3.81. The van der Waals surface area contributed by atoms with Crippen LogP contribution in [0.4, 0.5) is 4.39 Å². The highest BCUT2D eigenvalue weighted by Crippen LogP contribution is 2.27. The van der Waals surface area contributed by atoms with Gasteiger partial charge in [0.15, 0.2) is 0 Å². The minimum Gasteiger partial charge on any atom is -0.497 e. The van der Waals surface area contributed by atoms with Gasteiger partial charge in [-0.3, -0.25) is 4.79 Å². The lowest BCUT2D eigenvalue weighted by atomic mass is 10.1. The minimum absolute atomic E-state index is 0.0164. The summed E-state index contributed by atoms with van der Waals surface area (Å²) in [5.74, 6) is 0.127. The van der Waals surface area contributed by atoms with Gasteiger partial charge in [0.2, 0.25) is 5.43 Å². The van der Waals surface area contributed by atoms with E-state index in [9.17, 15) is 9.18 Å². The molecule has 0 amide bonds. The van der Waals surface area contributed by atoms with Gasteiger partial charge in [-0.25, -0.2) is 4.39 Å². The van der Waals surface area contributed by atoms with E-state index < -0.39 is 5.82 Å². The Bertz CT molecular complexity index is 1100. The highest BCUT2D eigenvalue weighted by molar-refractivity contribution is 5.99. The highest BCUT2D eigenvalue weighted by atomic mass is 19.1. The van der Waals surface area contributed by atoms with Gasteiger partial charge in [-0.2, -0.15) is 0 Å². The number of hydrogen-bond donors (Lipinski definition) is 0. The number of benzene rings is 3. The van der Waals surface area contributed by atoms with Crippen molar-refractivity contribution in [3.63, 3.8) is 0 Å². The van der Waals surface area contributed by atoms with Crippen molar-refractivity contribution in [2.75, 3.05) is 7.11 Å². The molecule has 0 aliphatic heterocycles. The number of fused-ring (bicyclic) bond motifs is 3. The van der Waals surface area contributed by atoms with E-state index >= 15 is 0 Å². The molecule has 108 valence electrons. The smallest absolute Gasteiger partial charge is 0.203 e. The summed E-state index contributed by atoms with van der Waals surface area (Å²) in [6.07, 6.45) is 0. The summed E-state index contributed by atoms with van der Waals surface area (Å²) in [5, 5.41) is 2.11. The highest BCUT2D eigenvalue weighted by Gasteiger charge is 2.12. The molecule has 0 aliphatic rings. The quantitative estimate of drug-likeness (QED) is 0.493. The average molecular weight is 294 g/mol. The second-order valence-corrected chi connectivity index (χ2v) is 5.11. The van der Waals surface area contributed by atoms with Crippen LogP contribution in [0.25, 0.3) is 32.7 Å². The van der Waals surface area contributed by atoms with E-state index in [0.717, 1.165) is 10.8 Å². The van der Waals surface area contributed by atoms with Crippen LogP contribution in [-0.4, -0.2) is 7.11 Å². The largest absolute Gasteiger partial charge is 0.497 e. The molecule has 3 aromatic carbocycles. The molecule has 3 nitrogen and oxygen atoms in total. The summed E-state index contributed by atoms with van der Waals surface area (Å²) in [5.41, 5.74) is 0.338. The summed E-state index contributed by atoms with van der Waals surface area (Å²) in [6, 6.07) is 13.4. The molecule has 4 rings (SSSR count). The van der Waals surface area contributed by atoms with Crippen molar-refractivity contribution in [2.24, 2.45) is 0 Å². The van der Waals surface area contributed by atoms with E-state index in [1.165, 1.54) is 12.1 Å². The van der Waals surface area contributed by atoms with Crippen molar-refractivity contribution in [1.82, 2.24) is 0 Å². The molecule has 0 spiro atoms. The van der Waals surface area contributed by atoms with Gasteiger partial charge < -0.3 is 9.15 Å². The van der Waals surface area contributed by atoms with E-state index in [1.54, 1.807) is 25.3 Å². The predicted octanol–water partition coefficient (Wildman–Crippen LogP) is 4.25. The molecular formula is C18H11FO3. The second kappa shape index (κ2) is 4.56. The Morgan fingerprint density at radius 3 is 2.68 bits per heavy atom. The molecule has 0 fully saturated rings. The van der Waals surface area contributed by atoms with Crippen LogP contribution in [0.3, 0.4) is 0 Å². The SMILES string of the molecule is COc1ccc2cc3oc4cccc(F)c4c(=O)c3cc2c1. The van der Waals surface area contributed by atoms with Gasteiger partial charge in [-0.15, -0.1) is 0 Å². The van der Waals surface area contributed by atoms with Crippen LogP contribution in [0.5, 0.6) is 5.75 Å². The first-order chi connectivity index (χ1) is 10.7. The molecule has 4 aromatic rings. The second-order valence-electron chi connectivity index (χ2n) is 5.11. The number of methoxy groups -OCH3 is 1. The first-order valence-corrected chi connectivity index (χ1v) is 6.80. The van der Waals surface area contributed by atoms with Gasteiger partial charge in [-0.05, 0) is 47.2 Å². The van der Waals surface area contributed by atoms with Gasteiger partial charge in [0, 0.05) is 0 Å². The predicted molar refractivity (Wildman–Crippen MR) is 84.0 cm³/mol. The molecular weight excluding hydrogens is 283 g/mol. The maximum Gasteiger partial charge on any atom is 0.203 e. The molecule has 0 aliphatic carbocycles. The summed E-state index contributed by atoms with van der Waals surface area (Å²) in [6.45, 7) is 0. The number of hydrogen-bond acceptors (Lipinski definition) is 3. The Kier molecular flexibility index (Phi) is 2.66. The maximum absolute atomic E-state index is 13.9. The summed E-state index contributed by atoms with van der Waals surface area (Å²) >= 11 is 0. The van der Waals surface area contributed by atoms with Crippen LogP contribution in [0.15, 0.2) is 57.7 Å². The van der Waals surface area contributed by atoms with Gasteiger partial charge in [0.05, 0.1) is 12.5 Å². The average Bonchev–Trinajstić information content (AvgIpc) is 2.53. The first kappa shape index (κ1) is 12.8. The van der Waals surface area contributed by atoms with Crippen molar-refractivity contribution >= 4 is 32.7 Å². The van der Waals surface area contributed by atoms with Crippen LogP contribution >= 0.6 is 0 Å². The summed E-state index contributed by atoms with van der Waals surface area (Å²) in [7, 11) is 1.58. The van der Waals surface area contributed by atoms with Crippen molar-refractivity contribution in [2.45, 2.75) is 0 Å². The molecule has 0 radical (unpaired) electrons. The normalized spacial score (nSPS) is 11.4. The fourth-order valence-electron chi connectivity index (χ4n) is 2.71. The Hall–Kier alpha value is -2.88. The van der Waals surface area contributed by atoms with E-state index in [0.29, 0.717) is 16.7 Å². The first-order valence-electron chi connectivity index (χ1n) is 6.80. The van der Waals surface area contributed by atoms with E-state index in [4.69, 9.17) is 9.15 Å². The zero-order chi connectivity index (χ0) is 15.3. The zero-order valence-electron chi connectivity index (χ0n) is 11.7. The third kappa shape index (κ3) is 1.77. The lowest BCUT2D eigenvalue weighted by Gasteiger charge is -2.06. The Morgan fingerprint density at radius 2 is 1.86 bits per heavy atom. The van der Waals surface area contributed by atoms with E-state index in [1.807, 2.05) is 18.2 Å². The van der Waals surface area contributed by atoms with Gasteiger partial charge in [0.1, 0.15) is 28.1 Å². The summed E-state index contributed by atoms with van der Waals surface area (Å²) < 4.78 is 24.8. The molecule has 4 heteroatoms. The molecule has 1 aromatic heterocycles. The van der Waals surface area contributed by atoms with Crippen LogP contribution in [-0.2, 0) is 0 Å². The van der Waals surface area contributed by atoms with Crippen molar-refractivity contribution in [3.05, 3.63) is 64.6 Å². The van der Waals surface area contributed by atoms with E-state index in [2.05, 4.69) is 0 Å². The van der Waals surface area contributed by atoms with Crippen LogP contribution < -0.4 is 10.2 Å². The molecule has 0 N–H and O–H groups in total. The van der Waals surface area contributed by atoms with Crippen LogP contribution in [0.2, 0.25) is 0 Å². The molecule has 1 heterocycles. The third-order valence-corrected chi connectivity index (χ3v) is 3.81. The standard InChI is InChI=1S/C18H11FO3/c1-21-12-6-5-10-9-16-13(8-11(10)7-12)18(20)17-14(19)3-2-4-15(17)22-16/h2-9H,1H3. The fourth-order valence-corrected chi connectivity index (χ4v) is 2.71. The lowest BCUT2D eigenvalue weighted by molar-refractivity contribution is 0.415. The van der Waals surface area contributed by atoms with Gasteiger partial charge in [-0.1, -0.05) is 12.1 Å². The summed E-state index contributed by atoms with van der Waals surface area (Å²) in [4.78, 5) is 12.6. The number of halogens is 1. The minimum atomic E-state index is -0.570. The Labute approximate surface area is 124 Å². The monoisotopic (exact) mass is 294 g/mol. The molecule has 0 saturated carbocycles. The maximum atomic E-state index is 13.9.